The van der Waals surface area contributed by atoms with Gasteiger partial charge in [-0.1, -0.05) is 34.8 Å². The highest BCUT2D eigenvalue weighted by Gasteiger charge is 2.29. The molecule has 0 spiro atoms. The van der Waals surface area contributed by atoms with Crippen LogP contribution in [0.1, 0.15) is 16.8 Å². The second kappa shape index (κ2) is 8.55. The standard InChI is InChI=1S/C18H16Cl3FN2O4S/c1-29(26,27)23-18(25)12-7-15(21)17(8-16(12)22)28-9-11-4-5-24(11)10-2-3-13(19)14(20)6-10/h2-3,6-8,11H,4-5,9H2,1H3,(H,23,25)/t11-/m1/s1. The molecule has 0 aromatic heterocycles. The van der Waals surface area contributed by atoms with E-state index in [2.05, 4.69) is 4.90 Å². The molecule has 1 aliphatic rings. The molecule has 2 aromatic rings. The van der Waals surface area contributed by atoms with Gasteiger partial charge in [0.15, 0.2) is 0 Å². The number of nitrogens with one attached hydrogen (secondary N) is 1. The number of amides is 1. The molecule has 3 rings (SSSR count). The normalized spacial score (nSPS) is 16.3. The minimum absolute atomic E-state index is 0.00883. The van der Waals surface area contributed by atoms with Gasteiger partial charge in [-0.3, -0.25) is 4.79 Å². The van der Waals surface area contributed by atoms with E-state index in [1.165, 1.54) is 0 Å². The average Bonchev–Trinajstić information content (AvgIpc) is 2.58. The first-order valence-corrected chi connectivity index (χ1v) is 11.4. The van der Waals surface area contributed by atoms with Gasteiger partial charge in [-0.2, -0.15) is 0 Å². The van der Waals surface area contributed by atoms with Crippen molar-refractivity contribution in [2.45, 2.75) is 12.5 Å². The van der Waals surface area contributed by atoms with Gasteiger partial charge >= 0.3 is 0 Å². The lowest BCUT2D eigenvalue weighted by atomic mass is 10.0. The van der Waals surface area contributed by atoms with Crippen LogP contribution in [0, 0.1) is 5.82 Å². The van der Waals surface area contributed by atoms with Crippen molar-refractivity contribution in [1.29, 1.82) is 0 Å². The number of benzene rings is 2. The van der Waals surface area contributed by atoms with Crippen LogP contribution in [0.2, 0.25) is 15.1 Å². The van der Waals surface area contributed by atoms with E-state index >= 15 is 0 Å². The van der Waals surface area contributed by atoms with E-state index in [0.717, 1.165) is 37.0 Å². The smallest absolute Gasteiger partial charge is 0.267 e. The van der Waals surface area contributed by atoms with Gasteiger partial charge in [0.1, 0.15) is 18.2 Å². The number of hydrogen-bond acceptors (Lipinski definition) is 5. The fraction of sp³-hybridized carbons (Fsp3) is 0.278. The van der Waals surface area contributed by atoms with Crippen molar-refractivity contribution in [2.24, 2.45) is 0 Å². The average molecular weight is 482 g/mol. The molecule has 1 N–H and O–H groups in total. The van der Waals surface area contributed by atoms with Crippen molar-refractivity contribution in [3.05, 3.63) is 56.8 Å². The van der Waals surface area contributed by atoms with Crippen LogP contribution in [0.5, 0.6) is 5.75 Å². The number of anilines is 1. The molecule has 0 saturated carbocycles. The zero-order valence-electron chi connectivity index (χ0n) is 15.1. The van der Waals surface area contributed by atoms with Crippen LogP contribution < -0.4 is 14.4 Å². The molecule has 1 aliphatic heterocycles. The van der Waals surface area contributed by atoms with E-state index in [-0.39, 0.29) is 23.4 Å². The van der Waals surface area contributed by atoms with Gasteiger partial charge in [0, 0.05) is 18.3 Å². The number of sulfonamides is 1. The summed E-state index contributed by atoms with van der Waals surface area (Å²) in [7, 11) is -3.83. The van der Waals surface area contributed by atoms with E-state index in [1.807, 2.05) is 6.07 Å². The maximum atomic E-state index is 14.3. The summed E-state index contributed by atoms with van der Waals surface area (Å²) < 4.78 is 43.9. The van der Waals surface area contributed by atoms with Crippen molar-refractivity contribution in [2.75, 3.05) is 24.3 Å². The topological polar surface area (TPSA) is 75.7 Å². The molecule has 6 nitrogen and oxygen atoms in total. The largest absolute Gasteiger partial charge is 0.490 e. The van der Waals surface area contributed by atoms with Crippen molar-refractivity contribution >= 4 is 56.4 Å². The van der Waals surface area contributed by atoms with Gasteiger partial charge in [0.25, 0.3) is 5.91 Å². The first-order valence-electron chi connectivity index (χ1n) is 8.41. The summed E-state index contributed by atoms with van der Waals surface area (Å²) in [4.78, 5) is 13.9. The molecule has 0 aliphatic carbocycles. The fourth-order valence-corrected chi connectivity index (χ4v) is 3.80. The second-order valence-corrected chi connectivity index (χ2v) is 9.48. The molecule has 156 valence electrons. The zero-order valence-corrected chi connectivity index (χ0v) is 18.2. The Morgan fingerprint density at radius 1 is 1.21 bits per heavy atom. The third-order valence-electron chi connectivity index (χ3n) is 4.35. The summed E-state index contributed by atoms with van der Waals surface area (Å²) in [5, 5.41) is 0.903. The summed E-state index contributed by atoms with van der Waals surface area (Å²) in [5.74, 6) is -2.00. The monoisotopic (exact) mass is 480 g/mol. The number of ether oxygens (including phenoxy) is 1. The van der Waals surface area contributed by atoms with Crippen molar-refractivity contribution in [3.8, 4) is 5.75 Å². The molecule has 1 fully saturated rings. The lowest BCUT2D eigenvalue weighted by Gasteiger charge is -2.42. The summed E-state index contributed by atoms with van der Waals surface area (Å²) >= 11 is 18.1. The Hall–Kier alpha value is -1.74. The number of halogens is 4. The number of carbonyl (C=O) groups excluding carboxylic acids is 1. The number of rotatable bonds is 6. The van der Waals surface area contributed by atoms with E-state index < -0.39 is 27.3 Å². The summed E-state index contributed by atoms with van der Waals surface area (Å²) in [6, 6.07) is 7.34. The maximum absolute atomic E-state index is 14.3. The van der Waals surface area contributed by atoms with Gasteiger partial charge in [-0.05, 0) is 30.7 Å². The van der Waals surface area contributed by atoms with Crippen molar-refractivity contribution < 1.29 is 22.3 Å². The summed E-state index contributed by atoms with van der Waals surface area (Å²) in [6.07, 6.45) is 1.65. The van der Waals surface area contributed by atoms with Gasteiger partial charge < -0.3 is 9.64 Å². The highest BCUT2D eigenvalue weighted by molar-refractivity contribution is 7.89. The minimum atomic E-state index is -3.83. The first-order chi connectivity index (χ1) is 13.5. The van der Waals surface area contributed by atoms with Gasteiger partial charge in [-0.15, -0.1) is 0 Å². The molecule has 1 heterocycles. The highest BCUT2D eigenvalue weighted by Crippen LogP contribution is 2.33. The van der Waals surface area contributed by atoms with Crippen molar-refractivity contribution in [1.82, 2.24) is 4.72 Å². The molecule has 2 aromatic carbocycles. The molecule has 11 heteroatoms. The molecule has 29 heavy (non-hydrogen) atoms. The molecule has 1 atom stereocenters. The summed E-state index contributed by atoms with van der Waals surface area (Å²) in [6.45, 7) is 1.03. The Morgan fingerprint density at radius 3 is 2.52 bits per heavy atom. The lowest BCUT2D eigenvalue weighted by molar-refractivity contribution is 0.0977. The van der Waals surface area contributed by atoms with Crippen molar-refractivity contribution in [3.63, 3.8) is 0 Å². The molecule has 0 unspecified atom stereocenters. The molecular formula is C18H16Cl3FN2O4S. The predicted octanol–water partition coefficient (Wildman–Crippen LogP) is 4.13. The summed E-state index contributed by atoms with van der Waals surface area (Å²) in [5.41, 5.74) is 0.401. The minimum Gasteiger partial charge on any atom is -0.490 e. The van der Waals surface area contributed by atoms with Gasteiger partial charge in [0.05, 0.1) is 32.9 Å². The molecular weight excluding hydrogens is 466 g/mol. The Balaban J connectivity index is 1.68. The Bertz CT molecular complexity index is 1070. The quantitative estimate of drug-likeness (QED) is 0.671. The Morgan fingerprint density at radius 2 is 1.93 bits per heavy atom. The number of carbonyl (C=O) groups is 1. The van der Waals surface area contributed by atoms with Crippen LogP contribution in [0.4, 0.5) is 10.1 Å². The molecule has 1 amide bonds. The third-order valence-corrected chi connectivity index (χ3v) is 5.94. The Labute approximate surface area is 182 Å². The van der Waals surface area contributed by atoms with Crippen LogP contribution in [-0.4, -0.2) is 39.8 Å². The van der Waals surface area contributed by atoms with Gasteiger partial charge in [0.2, 0.25) is 10.0 Å². The van der Waals surface area contributed by atoms with Gasteiger partial charge in [-0.25, -0.2) is 17.5 Å². The lowest BCUT2D eigenvalue weighted by Crippen LogP contribution is -2.51. The van der Waals surface area contributed by atoms with Crippen LogP contribution in [-0.2, 0) is 10.0 Å². The van der Waals surface area contributed by atoms with E-state index in [0.29, 0.717) is 10.0 Å². The molecule has 0 bridgehead atoms. The Kier molecular flexibility index (Phi) is 6.48. The molecule has 0 radical (unpaired) electrons. The number of hydrogen-bond donors (Lipinski definition) is 1. The van der Waals surface area contributed by atoms with Crippen LogP contribution >= 0.6 is 34.8 Å². The van der Waals surface area contributed by atoms with Crippen LogP contribution in [0.25, 0.3) is 0 Å². The zero-order chi connectivity index (χ0) is 21.3. The van der Waals surface area contributed by atoms with E-state index in [4.69, 9.17) is 39.5 Å². The van der Waals surface area contributed by atoms with Crippen LogP contribution in [0.15, 0.2) is 30.3 Å². The van der Waals surface area contributed by atoms with Crippen LogP contribution in [0.3, 0.4) is 0 Å². The molecule has 1 saturated heterocycles. The number of nitrogens with zero attached hydrogens (tertiary/aromatic N) is 1. The second-order valence-electron chi connectivity index (χ2n) is 6.51. The SMILES string of the molecule is CS(=O)(=O)NC(=O)c1cc(Cl)c(OC[C@H]2CCN2c2ccc(Cl)c(Cl)c2)cc1F. The van der Waals surface area contributed by atoms with E-state index in [1.54, 1.807) is 16.9 Å². The van der Waals surface area contributed by atoms with E-state index in [9.17, 15) is 17.6 Å². The predicted molar refractivity (Wildman–Crippen MR) is 111 cm³/mol. The fourth-order valence-electron chi connectivity index (χ4n) is 2.84. The first kappa shape index (κ1) is 22.0. The highest BCUT2D eigenvalue weighted by atomic mass is 35.5. The third kappa shape index (κ3) is 5.25. The maximum Gasteiger partial charge on any atom is 0.267 e.